The summed E-state index contributed by atoms with van der Waals surface area (Å²) in [6, 6.07) is 17.7. The predicted molar refractivity (Wildman–Crippen MR) is 111 cm³/mol. The second-order valence-corrected chi connectivity index (χ2v) is 6.81. The van der Waals surface area contributed by atoms with E-state index >= 15 is 0 Å². The van der Waals surface area contributed by atoms with Crippen molar-refractivity contribution in [2.75, 3.05) is 19.0 Å². The van der Waals surface area contributed by atoms with Crippen LogP contribution in [0.3, 0.4) is 0 Å². The molecule has 2 aromatic carbocycles. The summed E-state index contributed by atoms with van der Waals surface area (Å²) in [6.07, 6.45) is 3.49. The molecule has 1 aliphatic heterocycles. The third-order valence-electron chi connectivity index (χ3n) is 4.31. The van der Waals surface area contributed by atoms with E-state index in [2.05, 4.69) is 44.7 Å². The first-order valence-electron chi connectivity index (χ1n) is 8.52. The van der Waals surface area contributed by atoms with Gasteiger partial charge in [-0.15, -0.1) is 0 Å². The van der Waals surface area contributed by atoms with E-state index in [0.29, 0.717) is 10.9 Å². The molecule has 4 rings (SSSR count). The molecule has 0 bridgehead atoms. The Kier molecular flexibility index (Phi) is 4.60. The van der Waals surface area contributed by atoms with E-state index < -0.39 is 0 Å². The number of amidine groups is 1. The maximum atomic E-state index is 6.26. The molecule has 27 heavy (non-hydrogen) atoms. The van der Waals surface area contributed by atoms with Crippen LogP contribution in [0, 0.1) is 0 Å². The molecule has 0 saturated carbocycles. The lowest BCUT2D eigenvalue weighted by Crippen LogP contribution is -2.19. The minimum absolute atomic E-state index is 0.645. The number of aliphatic imine (C=N–C) groups is 1. The van der Waals surface area contributed by atoms with Gasteiger partial charge in [0.25, 0.3) is 0 Å². The van der Waals surface area contributed by atoms with E-state index in [4.69, 9.17) is 16.6 Å². The minimum Gasteiger partial charge on any atom is -0.378 e. The number of pyridine rings is 1. The number of hydrogen-bond acceptors (Lipinski definition) is 5. The zero-order chi connectivity index (χ0) is 18.8. The fourth-order valence-corrected chi connectivity index (χ4v) is 3.05. The highest BCUT2D eigenvalue weighted by molar-refractivity contribution is 6.31. The van der Waals surface area contributed by atoms with Crippen LogP contribution in [0.25, 0.3) is 0 Å². The van der Waals surface area contributed by atoms with Crippen molar-refractivity contribution in [3.05, 3.63) is 88.7 Å². The van der Waals surface area contributed by atoms with E-state index in [1.807, 2.05) is 44.4 Å². The van der Waals surface area contributed by atoms with E-state index in [0.717, 1.165) is 33.8 Å². The van der Waals surface area contributed by atoms with Gasteiger partial charge in [-0.05, 0) is 42.5 Å². The van der Waals surface area contributed by atoms with Gasteiger partial charge in [-0.25, -0.2) is 4.99 Å². The lowest BCUT2D eigenvalue weighted by Gasteiger charge is -2.13. The fraction of sp³-hybridized carbons (Fsp3) is 0.0952. The predicted octanol–water partition coefficient (Wildman–Crippen LogP) is 4.23. The third-order valence-corrected chi connectivity index (χ3v) is 4.55. The minimum atomic E-state index is 0.645. The van der Waals surface area contributed by atoms with Crippen molar-refractivity contribution in [1.29, 1.82) is 0 Å². The number of halogens is 1. The molecular formula is C21H18ClN5. The maximum absolute atomic E-state index is 6.26. The standard InChI is InChI=1S/C21H18ClN5/c1-27(2)17-8-5-14(6-9-17)20-18-12-16(22)7-10-19(18)24-21(26-25-20)15-4-3-11-23-13-15/h3-13H,1-2H3,(H,24,26). The van der Waals surface area contributed by atoms with Crippen LogP contribution < -0.4 is 10.3 Å². The number of benzene rings is 2. The summed E-state index contributed by atoms with van der Waals surface area (Å²) in [5.41, 5.74) is 8.55. The molecule has 0 aliphatic carbocycles. The topological polar surface area (TPSA) is 52.9 Å². The molecule has 1 aromatic heterocycles. The van der Waals surface area contributed by atoms with Crippen molar-refractivity contribution in [2.24, 2.45) is 10.1 Å². The Hall–Kier alpha value is -3.18. The fourth-order valence-electron chi connectivity index (χ4n) is 2.88. The average Bonchev–Trinajstić information content (AvgIpc) is 2.88. The molecule has 0 spiro atoms. The normalized spacial score (nSPS) is 13.0. The Bertz CT molecular complexity index is 1020. The molecule has 1 N–H and O–H groups in total. The van der Waals surface area contributed by atoms with Crippen LogP contribution in [0.4, 0.5) is 11.4 Å². The number of nitrogens with zero attached hydrogens (tertiary/aromatic N) is 4. The van der Waals surface area contributed by atoms with Crippen molar-refractivity contribution in [3.63, 3.8) is 0 Å². The van der Waals surface area contributed by atoms with E-state index in [9.17, 15) is 0 Å². The Morgan fingerprint density at radius 2 is 1.78 bits per heavy atom. The van der Waals surface area contributed by atoms with Crippen molar-refractivity contribution < 1.29 is 0 Å². The molecule has 0 radical (unpaired) electrons. The molecule has 0 atom stereocenters. The third kappa shape index (κ3) is 3.55. The van der Waals surface area contributed by atoms with Gasteiger partial charge in [-0.2, -0.15) is 5.10 Å². The molecular weight excluding hydrogens is 358 g/mol. The quantitative estimate of drug-likeness (QED) is 0.745. The summed E-state index contributed by atoms with van der Waals surface area (Å²) in [6.45, 7) is 0. The summed E-state index contributed by atoms with van der Waals surface area (Å²) in [5, 5.41) is 5.29. The smallest absolute Gasteiger partial charge is 0.155 e. The lowest BCUT2D eigenvalue weighted by molar-refractivity contribution is 1.03. The lowest BCUT2D eigenvalue weighted by atomic mass is 10.0. The number of anilines is 1. The SMILES string of the molecule is CN(C)c1ccc(C2=NNC(c3cccnc3)=Nc3ccc(Cl)cc32)cc1. The highest BCUT2D eigenvalue weighted by Gasteiger charge is 2.18. The highest BCUT2D eigenvalue weighted by atomic mass is 35.5. The van der Waals surface area contributed by atoms with Crippen LogP contribution in [0.15, 0.2) is 77.1 Å². The Balaban J connectivity index is 1.82. The Labute approximate surface area is 163 Å². The summed E-state index contributed by atoms with van der Waals surface area (Å²) >= 11 is 6.26. The molecule has 134 valence electrons. The molecule has 3 aromatic rings. The number of hydrazone groups is 1. The van der Waals surface area contributed by atoms with Crippen molar-refractivity contribution in [3.8, 4) is 0 Å². The highest BCUT2D eigenvalue weighted by Crippen LogP contribution is 2.29. The van der Waals surface area contributed by atoms with Gasteiger partial charge in [-0.3, -0.25) is 10.4 Å². The van der Waals surface area contributed by atoms with Crippen molar-refractivity contribution >= 4 is 34.5 Å². The van der Waals surface area contributed by atoms with Gasteiger partial charge in [0.05, 0.1) is 5.69 Å². The van der Waals surface area contributed by atoms with Crippen LogP contribution in [-0.4, -0.2) is 30.6 Å². The second kappa shape index (κ2) is 7.21. The van der Waals surface area contributed by atoms with Crippen molar-refractivity contribution in [2.45, 2.75) is 0 Å². The molecule has 6 heteroatoms. The second-order valence-electron chi connectivity index (χ2n) is 6.38. The Morgan fingerprint density at radius 3 is 2.48 bits per heavy atom. The van der Waals surface area contributed by atoms with Gasteiger partial charge in [-0.1, -0.05) is 23.7 Å². The Morgan fingerprint density at radius 1 is 0.963 bits per heavy atom. The molecule has 5 nitrogen and oxygen atoms in total. The van der Waals surface area contributed by atoms with Crippen LogP contribution in [-0.2, 0) is 0 Å². The number of rotatable bonds is 3. The zero-order valence-electron chi connectivity index (χ0n) is 15.0. The first kappa shape index (κ1) is 17.2. The number of nitrogens with one attached hydrogen (secondary N) is 1. The first-order valence-corrected chi connectivity index (χ1v) is 8.90. The monoisotopic (exact) mass is 375 g/mol. The van der Waals surface area contributed by atoms with Gasteiger partial charge in [0.1, 0.15) is 5.71 Å². The summed E-state index contributed by atoms with van der Waals surface area (Å²) in [4.78, 5) is 11.0. The summed E-state index contributed by atoms with van der Waals surface area (Å²) < 4.78 is 0. The summed E-state index contributed by atoms with van der Waals surface area (Å²) in [5.74, 6) is 0.645. The average molecular weight is 376 g/mol. The molecule has 0 fully saturated rings. The molecule has 1 aliphatic rings. The largest absolute Gasteiger partial charge is 0.378 e. The molecule has 0 amide bonds. The van der Waals surface area contributed by atoms with E-state index in [1.54, 1.807) is 12.4 Å². The van der Waals surface area contributed by atoms with Crippen LogP contribution in [0.2, 0.25) is 5.02 Å². The maximum Gasteiger partial charge on any atom is 0.155 e. The van der Waals surface area contributed by atoms with Gasteiger partial charge < -0.3 is 4.90 Å². The number of fused-ring (bicyclic) bond motifs is 1. The molecule has 0 unspecified atom stereocenters. The molecule has 0 saturated heterocycles. The van der Waals surface area contributed by atoms with Crippen LogP contribution in [0.5, 0.6) is 0 Å². The van der Waals surface area contributed by atoms with Gasteiger partial charge in [0.2, 0.25) is 0 Å². The van der Waals surface area contributed by atoms with Crippen LogP contribution in [0.1, 0.15) is 16.7 Å². The molecule has 2 heterocycles. The van der Waals surface area contributed by atoms with Gasteiger partial charge in [0.15, 0.2) is 5.84 Å². The van der Waals surface area contributed by atoms with Gasteiger partial charge >= 0.3 is 0 Å². The number of hydrogen-bond donors (Lipinski definition) is 1. The van der Waals surface area contributed by atoms with Gasteiger partial charge in [0, 0.05) is 53.9 Å². The summed E-state index contributed by atoms with van der Waals surface area (Å²) in [7, 11) is 4.03. The van der Waals surface area contributed by atoms with E-state index in [1.165, 1.54) is 0 Å². The van der Waals surface area contributed by atoms with Crippen molar-refractivity contribution in [1.82, 2.24) is 10.4 Å². The zero-order valence-corrected chi connectivity index (χ0v) is 15.8. The van der Waals surface area contributed by atoms with E-state index in [-0.39, 0.29) is 0 Å². The number of aromatic nitrogens is 1. The van der Waals surface area contributed by atoms with Crippen LogP contribution >= 0.6 is 11.6 Å². The first-order chi connectivity index (χ1) is 13.1.